The van der Waals surface area contributed by atoms with E-state index in [1.54, 1.807) is 54.6 Å². The first kappa shape index (κ1) is 23.7. The van der Waals surface area contributed by atoms with Gasteiger partial charge in [-0.2, -0.15) is 0 Å². The Morgan fingerprint density at radius 3 is 1.95 bits per heavy atom. The van der Waals surface area contributed by atoms with Gasteiger partial charge in [-0.3, -0.25) is 9.59 Å². The molecular formula is C30H28ClN3O3. The molecule has 0 N–H and O–H groups in total. The molecule has 2 saturated heterocycles. The first-order valence-corrected chi connectivity index (χ1v) is 13.1. The van der Waals surface area contributed by atoms with Crippen LogP contribution in [0.4, 0.5) is 21.9 Å². The van der Waals surface area contributed by atoms with Gasteiger partial charge >= 0.3 is 6.03 Å². The van der Waals surface area contributed by atoms with Crippen molar-refractivity contribution < 1.29 is 14.4 Å². The molecule has 0 radical (unpaired) electrons. The summed E-state index contributed by atoms with van der Waals surface area (Å²) in [5.41, 5.74) is 1.29. The molecule has 3 atom stereocenters. The van der Waals surface area contributed by atoms with Crippen LogP contribution in [-0.4, -0.2) is 30.4 Å². The number of rotatable bonds is 2. The molecule has 3 aromatic carbocycles. The molecule has 3 heterocycles. The highest BCUT2D eigenvalue weighted by atomic mass is 35.5. The Balaban J connectivity index is 1.61. The van der Waals surface area contributed by atoms with Crippen molar-refractivity contribution in [2.45, 2.75) is 32.7 Å². The van der Waals surface area contributed by atoms with Crippen LogP contribution in [0.25, 0.3) is 0 Å². The summed E-state index contributed by atoms with van der Waals surface area (Å²) in [6, 6.07) is 22.4. The van der Waals surface area contributed by atoms with E-state index in [1.165, 1.54) is 9.80 Å². The highest BCUT2D eigenvalue weighted by molar-refractivity contribution is 6.39. The summed E-state index contributed by atoms with van der Waals surface area (Å²) < 4.78 is 0. The Morgan fingerprint density at radius 2 is 1.38 bits per heavy atom. The topological polar surface area (TPSA) is 60.9 Å². The summed E-state index contributed by atoms with van der Waals surface area (Å²) in [5, 5.41) is 0.618. The Hall–Kier alpha value is -3.64. The molecule has 0 aromatic heterocycles. The fourth-order valence-corrected chi connectivity index (χ4v) is 6.90. The largest absolute Gasteiger partial charge is 0.366 e. The number of halogens is 1. The molecule has 0 unspecified atom stereocenters. The Bertz CT molecular complexity index is 1330. The van der Waals surface area contributed by atoms with Gasteiger partial charge in [0.2, 0.25) is 0 Å². The number of hydrogen-bond acceptors (Lipinski definition) is 4. The number of benzene rings is 3. The van der Waals surface area contributed by atoms with Gasteiger partial charge in [0.15, 0.2) is 5.41 Å². The van der Waals surface area contributed by atoms with Crippen LogP contribution in [0.1, 0.15) is 25.8 Å². The van der Waals surface area contributed by atoms with E-state index in [9.17, 15) is 14.4 Å². The second kappa shape index (κ2) is 8.73. The third-order valence-corrected chi connectivity index (χ3v) is 8.30. The number of barbiturate groups is 1. The standard InChI is InChI=1S/C30H28ClN3O3/c1-19-15-20(2)26-30(17-21-13-14-22(31)16-25(21)32(26)18-19)27(35)33(23-9-5-3-6-10-23)29(37)34(28(30)36)24-11-7-4-8-12-24/h3-14,16,19-20,26H,15,17-18H2,1-2H3/t19-,20-,26+/m0/s1. The molecule has 4 amide bonds. The minimum atomic E-state index is -1.47. The number of anilines is 3. The number of carbonyl (C=O) groups is 3. The van der Waals surface area contributed by atoms with Crippen LogP contribution >= 0.6 is 11.6 Å². The first-order chi connectivity index (χ1) is 17.8. The lowest BCUT2D eigenvalue weighted by Crippen LogP contribution is -2.75. The number of amides is 4. The lowest BCUT2D eigenvalue weighted by molar-refractivity contribution is -0.144. The number of imide groups is 2. The lowest BCUT2D eigenvalue weighted by atomic mass is 9.62. The fourth-order valence-electron chi connectivity index (χ4n) is 6.73. The predicted molar refractivity (Wildman–Crippen MR) is 145 cm³/mol. The van der Waals surface area contributed by atoms with Crippen LogP contribution < -0.4 is 14.7 Å². The van der Waals surface area contributed by atoms with Crippen LogP contribution in [0.3, 0.4) is 0 Å². The minimum absolute atomic E-state index is 0.0345. The van der Waals surface area contributed by atoms with E-state index in [1.807, 2.05) is 24.3 Å². The van der Waals surface area contributed by atoms with E-state index in [-0.39, 0.29) is 12.3 Å². The predicted octanol–water partition coefficient (Wildman–Crippen LogP) is 5.93. The normalized spacial score (nSPS) is 24.8. The number of fused-ring (bicyclic) bond motifs is 4. The molecule has 6 rings (SSSR count). The molecule has 1 spiro atoms. The molecule has 3 aromatic rings. The summed E-state index contributed by atoms with van der Waals surface area (Å²) in [7, 11) is 0. The Labute approximate surface area is 221 Å². The van der Waals surface area contributed by atoms with E-state index in [0.717, 1.165) is 17.7 Å². The van der Waals surface area contributed by atoms with Crippen molar-refractivity contribution in [3.05, 3.63) is 89.4 Å². The van der Waals surface area contributed by atoms with E-state index in [4.69, 9.17) is 11.6 Å². The van der Waals surface area contributed by atoms with Crippen LogP contribution in [-0.2, 0) is 16.0 Å². The van der Waals surface area contributed by atoms with Crippen molar-refractivity contribution in [2.24, 2.45) is 17.3 Å². The van der Waals surface area contributed by atoms with Gasteiger partial charge < -0.3 is 4.90 Å². The molecule has 2 fully saturated rings. The maximum absolute atomic E-state index is 14.7. The summed E-state index contributed by atoms with van der Waals surface area (Å²) in [6.07, 6.45) is 1.08. The number of hydrogen-bond donors (Lipinski definition) is 0. The van der Waals surface area contributed by atoms with Crippen LogP contribution in [0.15, 0.2) is 78.9 Å². The monoisotopic (exact) mass is 513 g/mol. The molecule has 3 aliphatic rings. The van der Waals surface area contributed by atoms with Crippen molar-refractivity contribution in [2.75, 3.05) is 21.2 Å². The van der Waals surface area contributed by atoms with Gasteiger partial charge in [-0.05, 0) is 66.6 Å². The Morgan fingerprint density at radius 1 is 0.811 bits per heavy atom. The highest BCUT2D eigenvalue weighted by Crippen LogP contribution is 2.52. The second-order valence-corrected chi connectivity index (χ2v) is 11.0. The summed E-state index contributed by atoms with van der Waals surface area (Å²) in [5.74, 6) is -0.512. The third-order valence-electron chi connectivity index (χ3n) is 8.07. The van der Waals surface area contributed by atoms with E-state index in [2.05, 4.69) is 18.7 Å². The molecule has 6 nitrogen and oxygen atoms in total. The van der Waals surface area contributed by atoms with Gasteiger partial charge in [0.1, 0.15) is 0 Å². The zero-order chi connectivity index (χ0) is 25.9. The SMILES string of the molecule is C[C@H]1C[C@H](C)[C@H]2N(C1)c1cc(Cl)ccc1CC21C(=O)N(c2ccccc2)C(=O)N(c2ccccc2)C1=O. The third kappa shape index (κ3) is 3.50. The molecular weight excluding hydrogens is 486 g/mol. The summed E-state index contributed by atoms with van der Waals surface area (Å²) in [6.45, 7) is 5.01. The number of nitrogens with zero attached hydrogens (tertiary/aromatic N) is 3. The van der Waals surface area contributed by atoms with Crippen molar-refractivity contribution in [3.63, 3.8) is 0 Å². The lowest BCUT2D eigenvalue weighted by Gasteiger charge is -2.58. The average molecular weight is 514 g/mol. The number of para-hydroxylation sites is 2. The number of urea groups is 1. The van der Waals surface area contributed by atoms with Crippen molar-refractivity contribution >= 4 is 46.5 Å². The van der Waals surface area contributed by atoms with E-state index in [0.29, 0.717) is 28.9 Å². The zero-order valence-corrected chi connectivity index (χ0v) is 21.6. The molecule has 3 aliphatic heterocycles. The van der Waals surface area contributed by atoms with Crippen molar-refractivity contribution in [1.29, 1.82) is 0 Å². The summed E-state index contributed by atoms with van der Waals surface area (Å²) >= 11 is 6.42. The minimum Gasteiger partial charge on any atom is -0.366 e. The highest BCUT2D eigenvalue weighted by Gasteiger charge is 2.66. The molecule has 188 valence electrons. The first-order valence-electron chi connectivity index (χ1n) is 12.7. The molecule has 0 saturated carbocycles. The maximum Gasteiger partial charge on any atom is 0.342 e. The van der Waals surface area contributed by atoms with Crippen molar-refractivity contribution in [1.82, 2.24) is 0 Å². The van der Waals surface area contributed by atoms with Gasteiger partial charge in [0.05, 0.1) is 17.4 Å². The molecule has 0 bridgehead atoms. The van der Waals surface area contributed by atoms with Gasteiger partial charge in [0.25, 0.3) is 11.8 Å². The number of carbonyl (C=O) groups excluding carboxylic acids is 3. The van der Waals surface area contributed by atoms with E-state index < -0.39 is 29.3 Å². The molecule has 37 heavy (non-hydrogen) atoms. The quantitative estimate of drug-likeness (QED) is 0.398. The molecule has 0 aliphatic carbocycles. The molecule has 7 heteroatoms. The van der Waals surface area contributed by atoms with Crippen LogP contribution in [0.2, 0.25) is 5.02 Å². The maximum atomic E-state index is 14.7. The number of piperidine rings is 1. The van der Waals surface area contributed by atoms with Gasteiger partial charge in [-0.15, -0.1) is 0 Å². The fraction of sp³-hybridized carbons (Fsp3) is 0.300. The van der Waals surface area contributed by atoms with Gasteiger partial charge in [-0.25, -0.2) is 14.6 Å². The second-order valence-electron chi connectivity index (χ2n) is 10.6. The van der Waals surface area contributed by atoms with Crippen molar-refractivity contribution in [3.8, 4) is 0 Å². The summed E-state index contributed by atoms with van der Waals surface area (Å²) in [4.78, 5) is 47.9. The smallest absolute Gasteiger partial charge is 0.342 e. The van der Waals surface area contributed by atoms with Gasteiger partial charge in [0, 0.05) is 17.3 Å². The van der Waals surface area contributed by atoms with E-state index >= 15 is 0 Å². The van der Waals surface area contributed by atoms with Gasteiger partial charge in [-0.1, -0.05) is 67.9 Å². The average Bonchev–Trinajstić information content (AvgIpc) is 2.89. The Kier molecular flexibility index (Phi) is 5.60. The zero-order valence-electron chi connectivity index (χ0n) is 20.8. The van der Waals surface area contributed by atoms with Crippen LogP contribution in [0, 0.1) is 17.3 Å². The van der Waals surface area contributed by atoms with Crippen LogP contribution in [0.5, 0.6) is 0 Å².